The van der Waals surface area contributed by atoms with Gasteiger partial charge in [-0.05, 0) is 12.8 Å². The number of hydrogen-bond acceptors (Lipinski definition) is 2. The van der Waals surface area contributed by atoms with E-state index in [0.29, 0.717) is 0 Å². The zero-order valence-electron chi connectivity index (χ0n) is 9.02. The molecule has 42 valence electrons. The molecule has 2 heteroatoms. The Labute approximate surface area is 51.3 Å². The Morgan fingerprint density at radius 2 is 2.57 bits per heavy atom. The van der Waals surface area contributed by atoms with Crippen molar-refractivity contribution in [3.63, 3.8) is 0 Å². The highest BCUT2D eigenvalue weighted by molar-refractivity contribution is 4.56. The van der Waals surface area contributed by atoms with Crippen LogP contribution in [-0.2, 0) is 0 Å². The third-order valence-electron chi connectivity index (χ3n) is 0.825. The van der Waals surface area contributed by atoms with E-state index in [1.54, 1.807) is 0 Å². The van der Waals surface area contributed by atoms with Crippen molar-refractivity contribution in [3.05, 3.63) is 0 Å². The summed E-state index contributed by atoms with van der Waals surface area (Å²) in [5, 5.41) is 0.831. The van der Waals surface area contributed by atoms with Crippen LogP contribution in [0.25, 0.3) is 0 Å². The molecule has 0 amide bonds. The fraction of sp³-hybridized carbons (Fsp3) is 1.00. The summed E-state index contributed by atoms with van der Waals surface area (Å²) < 4.78 is 36.7. The van der Waals surface area contributed by atoms with Crippen molar-refractivity contribution in [2.24, 2.45) is 5.84 Å². The molecule has 0 aliphatic carbocycles. The van der Waals surface area contributed by atoms with Crippen LogP contribution in [0.3, 0.4) is 0 Å². The van der Waals surface area contributed by atoms with Gasteiger partial charge in [-0.1, -0.05) is 6.40 Å². The van der Waals surface area contributed by atoms with Crippen molar-refractivity contribution in [3.8, 4) is 0 Å². The molecule has 0 aromatic carbocycles. The van der Waals surface area contributed by atoms with Gasteiger partial charge in [-0.25, -0.2) is 5.01 Å². The highest BCUT2D eigenvalue weighted by Crippen LogP contribution is 2.03. The van der Waals surface area contributed by atoms with Crippen molar-refractivity contribution in [2.75, 3.05) is 13.0 Å². The Morgan fingerprint density at radius 3 is 3.29 bits per heavy atom. The monoisotopic (exact) mass is 105 g/mol. The number of rotatable bonds is 0. The third kappa shape index (κ3) is 1.45. The minimum atomic E-state index is -2.24. The van der Waals surface area contributed by atoms with E-state index in [4.69, 9.17) is 12.7 Å². The Bertz CT molecular complexity index is 163. The Balaban J connectivity index is 2.92. The largest absolute Gasteiger partial charge is 0.269 e. The highest BCUT2D eigenvalue weighted by atomic mass is 15.4. The topological polar surface area (TPSA) is 29.3 Å². The first-order chi connectivity index (χ1) is 5.30. The molecule has 0 aromatic rings. The van der Waals surface area contributed by atoms with Crippen molar-refractivity contribution in [1.29, 1.82) is 0 Å². The Hall–Kier alpha value is -0.0800. The second-order valence-corrected chi connectivity index (χ2v) is 1.44. The van der Waals surface area contributed by atoms with Crippen LogP contribution in [0.1, 0.15) is 26.0 Å². The molecule has 2 nitrogen and oxygen atoms in total. The zero-order chi connectivity index (χ0) is 9.57. The van der Waals surface area contributed by atoms with Crippen molar-refractivity contribution < 1.29 is 6.85 Å². The van der Waals surface area contributed by atoms with Gasteiger partial charge in [0.25, 0.3) is 0 Å². The fourth-order valence-electron chi connectivity index (χ4n) is 0.460. The Morgan fingerprint density at radius 1 is 1.71 bits per heavy atom. The molecule has 1 rings (SSSR count). The summed E-state index contributed by atoms with van der Waals surface area (Å²) in [6.45, 7) is -2.02. The Kier molecular flexibility index (Phi) is 0.557. The van der Waals surface area contributed by atoms with E-state index in [1.807, 2.05) is 0 Å². The minimum Gasteiger partial charge on any atom is -0.269 e. The van der Waals surface area contributed by atoms with Crippen molar-refractivity contribution in [1.82, 2.24) is 5.01 Å². The maximum absolute atomic E-state index is 7.35. The number of nitrogens with zero attached hydrogens (tertiary/aromatic N) is 1. The number of hydrogen-bond donors (Lipinski definition) is 1. The normalized spacial score (nSPS) is 60.7. The lowest BCUT2D eigenvalue weighted by Gasteiger charge is -2.20. The van der Waals surface area contributed by atoms with Crippen LogP contribution in [0.5, 0.6) is 0 Å². The molecule has 1 fully saturated rings. The molecule has 0 bridgehead atoms. The van der Waals surface area contributed by atoms with Gasteiger partial charge < -0.3 is 0 Å². The average molecular weight is 105 g/mol. The van der Waals surface area contributed by atoms with Crippen LogP contribution < -0.4 is 5.84 Å². The summed E-state index contributed by atoms with van der Waals surface area (Å²) in [7, 11) is 0. The SMILES string of the molecule is [2H]C1CCN(N)C([2H])([2H])C1([2H])[2H]. The molecule has 1 atom stereocenters. The molecule has 1 heterocycles. The molecule has 0 aromatic heterocycles. The van der Waals surface area contributed by atoms with E-state index in [9.17, 15) is 0 Å². The number of nitrogens with two attached hydrogens (primary N) is 1. The predicted molar refractivity (Wildman–Crippen MR) is 29.6 cm³/mol. The van der Waals surface area contributed by atoms with Gasteiger partial charge in [-0.15, -0.1) is 0 Å². The van der Waals surface area contributed by atoms with Crippen LogP contribution >= 0.6 is 0 Å². The number of hydrazine groups is 1. The van der Waals surface area contributed by atoms with Crippen LogP contribution in [0.15, 0.2) is 0 Å². The maximum atomic E-state index is 7.35. The van der Waals surface area contributed by atoms with E-state index in [0.717, 1.165) is 5.01 Å². The number of piperidine rings is 1. The maximum Gasteiger partial charge on any atom is 0.0446 e. The van der Waals surface area contributed by atoms with Crippen LogP contribution in [-0.4, -0.2) is 18.1 Å². The lowest BCUT2D eigenvalue weighted by molar-refractivity contribution is 0.235. The molecule has 2 N–H and O–H groups in total. The molecular weight excluding hydrogens is 88.1 g/mol. The van der Waals surface area contributed by atoms with E-state index in [1.165, 1.54) is 0 Å². The van der Waals surface area contributed by atoms with E-state index in [-0.39, 0.29) is 13.0 Å². The van der Waals surface area contributed by atoms with Gasteiger partial charge in [0.05, 0.1) is 0 Å². The summed E-state index contributed by atoms with van der Waals surface area (Å²) >= 11 is 0. The van der Waals surface area contributed by atoms with Gasteiger partial charge in [-0.3, -0.25) is 5.84 Å². The highest BCUT2D eigenvalue weighted by Gasteiger charge is 2.02. The van der Waals surface area contributed by atoms with Gasteiger partial charge in [-0.2, -0.15) is 0 Å². The molecule has 1 saturated heterocycles. The second kappa shape index (κ2) is 2.28. The molecule has 0 spiro atoms. The van der Waals surface area contributed by atoms with Gasteiger partial charge in [0.15, 0.2) is 0 Å². The first-order valence-corrected chi connectivity index (χ1v) is 2.24. The van der Waals surface area contributed by atoms with Crippen LogP contribution in [0.2, 0.25) is 0 Å². The lowest BCUT2D eigenvalue weighted by Crippen LogP contribution is -2.35. The summed E-state index contributed by atoms with van der Waals surface area (Å²) in [5.41, 5.74) is 0. The smallest absolute Gasteiger partial charge is 0.0446 e. The van der Waals surface area contributed by atoms with Gasteiger partial charge >= 0.3 is 0 Å². The van der Waals surface area contributed by atoms with Gasteiger partial charge in [0, 0.05) is 19.9 Å². The first-order valence-electron chi connectivity index (χ1n) is 4.82. The van der Waals surface area contributed by atoms with Crippen molar-refractivity contribution >= 4 is 0 Å². The molecule has 1 aliphatic rings. The van der Waals surface area contributed by atoms with Gasteiger partial charge in [0.2, 0.25) is 0 Å². The zero-order valence-corrected chi connectivity index (χ0v) is 4.02. The summed E-state index contributed by atoms with van der Waals surface area (Å²) in [4.78, 5) is 0. The molecule has 7 heavy (non-hydrogen) atoms. The molecule has 1 unspecified atom stereocenters. The third-order valence-corrected chi connectivity index (χ3v) is 0.825. The molecule has 0 radical (unpaired) electrons. The lowest BCUT2D eigenvalue weighted by atomic mass is 10.2. The summed E-state index contributed by atoms with van der Waals surface area (Å²) in [5.74, 6) is 5.29. The van der Waals surface area contributed by atoms with Crippen LogP contribution in [0, 0.1) is 0 Å². The predicted octanol–water partition coefficient (Wildman–Crippen LogP) is 0.346. The van der Waals surface area contributed by atoms with Crippen molar-refractivity contribution in [2.45, 2.75) is 19.2 Å². The summed E-state index contributed by atoms with van der Waals surface area (Å²) in [6, 6.07) is 0. The van der Waals surface area contributed by atoms with E-state index in [2.05, 4.69) is 0 Å². The first kappa shape index (κ1) is 1.71. The van der Waals surface area contributed by atoms with E-state index < -0.39 is 19.3 Å². The second-order valence-electron chi connectivity index (χ2n) is 1.44. The quantitative estimate of drug-likeness (QED) is 0.450. The van der Waals surface area contributed by atoms with Gasteiger partial charge in [0.1, 0.15) is 0 Å². The summed E-state index contributed by atoms with van der Waals surface area (Å²) in [6.07, 6.45) is -2.96. The van der Waals surface area contributed by atoms with E-state index >= 15 is 0 Å². The standard InChI is InChI=1S/C5H12N2/c6-7-4-2-1-3-5-7/h1-6H2/i1D,2D2,4D2. The molecular formula is C5H12N2. The average Bonchev–Trinajstić information content (AvgIpc) is 1.96. The minimum absolute atomic E-state index is 0.223. The van der Waals surface area contributed by atoms with Crippen LogP contribution in [0.4, 0.5) is 0 Å². The molecule has 1 aliphatic heterocycles. The fourth-order valence-corrected chi connectivity index (χ4v) is 0.460. The molecule has 0 saturated carbocycles.